The number of nitrogens with zero attached hydrogens (tertiary/aromatic N) is 1. The van der Waals surface area contributed by atoms with Crippen LogP contribution in [-0.2, 0) is 13.0 Å². The van der Waals surface area contributed by atoms with E-state index in [9.17, 15) is 0 Å². The first-order valence-electron chi connectivity index (χ1n) is 14.1. The van der Waals surface area contributed by atoms with Crippen LogP contribution in [0.15, 0.2) is 103 Å². The van der Waals surface area contributed by atoms with E-state index < -0.39 is 0 Å². The van der Waals surface area contributed by atoms with E-state index in [1.54, 1.807) is 0 Å². The van der Waals surface area contributed by atoms with E-state index in [4.69, 9.17) is 9.47 Å². The Hall–Kier alpha value is -3.86. The van der Waals surface area contributed by atoms with Crippen molar-refractivity contribution < 1.29 is 9.47 Å². The number of aryl methyl sites for hydroxylation is 1. The molecule has 4 aromatic carbocycles. The van der Waals surface area contributed by atoms with Gasteiger partial charge in [0.05, 0.1) is 0 Å². The summed E-state index contributed by atoms with van der Waals surface area (Å²) in [6.07, 6.45) is 2.00. The molecule has 0 saturated carbocycles. The summed E-state index contributed by atoms with van der Waals surface area (Å²) in [6.45, 7) is 6.58. The van der Waals surface area contributed by atoms with Gasteiger partial charge < -0.3 is 14.8 Å². The minimum Gasteiger partial charge on any atom is -0.492 e. The second kappa shape index (κ2) is 12.3. The number of ether oxygens (including phenoxy) is 2. The molecule has 1 saturated heterocycles. The van der Waals surface area contributed by atoms with Gasteiger partial charge in [-0.05, 0) is 76.1 Å². The highest BCUT2D eigenvalue weighted by Crippen LogP contribution is 2.42. The van der Waals surface area contributed by atoms with Crippen LogP contribution in [0.2, 0.25) is 0 Å². The largest absolute Gasteiger partial charge is 0.492 e. The maximum Gasteiger partial charge on any atom is 0.120 e. The third kappa shape index (κ3) is 6.25. The highest BCUT2D eigenvalue weighted by atomic mass is 16.5. The Morgan fingerprint density at radius 2 is 1.38 bits per heavy atom. The van der Waals surface area contributed by atoms with Gasteiger partial charge in [-0.3, -0.25) is 4.90 Å². The molecule has 1 heterocycles. The predicted octanol–water partition coefficient (Wildman–Crippen LogP) is 6.45. The Morgan fingerprint density at radius 1 is 0.667 bits per heavy atom. The van der Waals surface area contributed by atoms with Gasteiger partial charge in [-0.2, -0.15) is 0 Å². The number of allylic oxidation sites excluding steroid dienone is 1. The summed E-state index contributed by atoms with van der Waals surface area (Å²) < 4.78 is 12.3. The molecule has 1 fully saturated rings. The Kier molecular flexibility index (Phi) is 8.04. The minimum atomic E-state index is 0.577. The van der Waals surface area contributed by atoms with E-state index in [1.165, 1.54) is 39.0 Å². The molecule has 0 amide bonds. The van der Waals surface area contributed by atoms with Gasteiger partial charge in [0, 0.05) is 32.7 Å². The molecule has 1 aliphatic heterocycles. The summed E-state index contributed by atoms with van der Waals surface area (Å²) in [7, 11) is 0. The first kappa shape index (κ1) is 25.4. The van der Waals surface area contributed by atoms with Crippen LogP contribution >= 0.6 is 0 Å². The minimum absolute atomic E-state index is 0.577. The molecule has 6 rings (SSSR count). The lowest BCUT2D eigenvalue weighted by molar-refractivity contribution is 0.191. The smallest absolute Gasteiger partial charge is 0.120 e. The van der Waals surface area contributed by atoms with Crippen LogP contribution in [0.25, 0.3) is 11.1 Å². The van der Waals surface area contributed by atoms with E-state index in [1.807, 2.05) is 6.07 Å². The zero-order valence-corrected chi connectivity index (χ0v) is 22.4. The van der Waals surface area contributed by atoms with E-state index in [-0.39, 0.29) is 0 Å². The summed E-state index contributed by atoms with van der Waals surface area (Å²) in [5, 5.41) is 3.40. The molecular formula is C35H36N2O2. The topological polar surface area (TPSA) is 33.7 Å². The second-order valence-corrected chi connectivity index (χ2v) is 10.3. The van der Waals surface area contributed by atoms with Crippen molar-refractivity contribution in [1.82, 2.24) is 10.2 Å². The van der Waals surface area contributed by atoms with Crippen LogP contribution in [0.3, 0.4) is 0 Å². The zero-order chi connectivity index (χ0) is 26.3. The Morgan fingerprint density at radius 3 is 2.15 bits per heavy atom. The molecule has 0 atom stereocenters. The molecule has 4 nitrogen and oxygen atoms in total. The molecule has 2 aliphatic rings. The van der Waals surface area contributed by atoms with Crippen LogP contribution in [0.4, 0.5) is 0 Å². The molecule has 0 aromatic heterocycles. The predicted molar refractivity (Wildman–Crippen MR) is 159 cm³/mol. The van der Waals surface area contributed by atoms with E-state index in [0.29, 0.717) is 13.2 Å². The lowest BCUT2D eigenvalue weighted by Crippen LogP contribution is -2.44. The molecule has 1 aliphatic carbocycles. The van der Waals surface area contributed by atoms with Gasteiger partial charge >= 0.3 is 0 Å². The first-order valence-corrected chi connectivity index (χ1v) is 14.1. The Bertz CT molecular complexity index is 1390. The maximum absolute atomic E-state index is 6.17. The number of hydrogen-bond acceptors (Lipinski definition) is 4. The lowest BCUT2D eigenvalue weighted by Gasteiger charge is -2.27. The molecule has 198 valence electrons. The van der Waals surface area contributed by atoms with Crippen molar-refractivity contribution in [3.05, 3.63) is 131 Å². The van der Waals surface area contributed by atoms with Crippen molar-refractivity contribution >= 4 is 11.1 Å². The average Bonchev–Trinajstić information content (AvgIpc) is 3.01. The number of piperazine rings is 1. The first-order chi connectivity index (χ1) is 19.3. The molecule has 4 heteroatoms. The van der Waals surface area contributed by atoms with Crippen LogP contribution in [0.1, 0.15) is 34.2 Å². The number of hydrogen-bond donors (Lipinski definition) is 1. The monoisotopic (exact) mass is 516 g/mol. The van der Waals surface area contributed by atoms with Crippen LogP contribution < -0.4 is 14.8 Å². The van der Waals surface area contributed by atoms with Gasteiger partial charge in [-0.1, -0.05) is 78.9 Å². The lowest BCUT2D eigenvalue weighted by atomic mass is 9.79. The highest BCUT2D eigenvalue weighted by Gasteiger charge is 2.22. The van der Waals surface area contributed by atoms with Crippen molar-refractivity contribution in [3.63, 3.8) is 0 Å². The zero-order valence-electron chi connectivity index (χ0n) is 22.4. The molecule has 4 aromatic rings. The van der Waals surface area contributed by atoms with Gasteiger partial charge in [-0.15, -0.1) is 0 Å². The third-order valence-electron chi connectivity index (χ3n) is 7.69. The Labute approximate surface area is 231 Å². The highest BCUT2D eigenvalue weighted by molar-refractivity contribution is 6.00. The average molecular weight is 517 g/mol. The van der Waals surface area contributed by atoms with Gasteiger partial charge in [-0.25, -0.2) is 0 Å². The summed E-state index contributed by atoms with van der Waals surface area (Å²) in [6, 6.07) is 36.4. The quantitative estimate of drug-likeness (QED) is 0.277. The molecule has 0 unspecified atom stereocenters. The molecule has 0 bridgehead atoms. The summed E-state index contributed by atoms with van der Waals surface area (Å²) >= 11 is 0. The summed E-state index contributed by atoms with van der Waals surface area (Å²) in [5.41, 5.74) is 9.03. The van der Waals surface area contributed by atoms with E-state index in [0.717, 1.165) is 57.1 Å². The van der Waals surface area contributed by atoms with E-state index in [2.05, 4.69) is 107 Å². The van der Waals surface area contributed by atoms with Gasteiger partial charge in [0.1, 0.15) is 24.7 Å². The molecule has 1 N–H and O–H groups in total. The van der Waals surface area contributed by atoms with Gasteiger partial charge in [0.2, 0.25) is 0 Å². The Balaban J connectivity index is 1.24. The molecular weight excluding hydrogens is 480 g/mol. The SMILES string of the molecule is c1ccc(COc2ccc3c(c2)CCC(c2ccccc2)=C3c2ccc(OCCN3CCNCC3)cc2)cc1. The van der Waals surface area contributed by atoms with Crippen LogP contribution in [0, 0.1) is 0 Å². The molecule has 0 radical (unpaired) electrons. The maximum atomic E-state index is 6.17. The fourth-order valence-electron chi connectivity index (χ4n) is 5.60. The van der Waals surface area contributed by atoms with Gasteiger partial charge in [0.25, 0.3) is 0 Å². The number of rotatable bonds is 9. The van der Waals surface area contributed by atoms with Crippen molar-refractivity contribution in [2.45, 2.75) is 19.4 Å². The fourth-order valence-corrected chi connectivity index (χ4v) is 5.60. The van der Waals surface area contributed by atoms with Crippen LogP contribution in [-0.4, -0.2) is 44.2 Å². The number of fused-ring (bicyclic) bond motifs is 1. The fraction of sp³-hybridized carbons (Fsp3) is 0.257. The number of nitrogens with one attached hydrogen (secondary N) is 1. The summed E-state index contributed by atoms with van der Waals surface area (Å²) in [5.74, 6) is 1.85. The van der Waals surface area contributed by atoms with Crippen molar-refractivity contribution in [3.8, 4) is 11.5 Å². The van der Waals surface area contributed by atoms with Crippen LogP contribution in [0.5, 0.6) is 11.5 Å². The standard InChI is InChI=1S/C35H36N2O2/c1-3-7-27(8-4-1)26-39-32-16-18-34-30(25-32)13-17-33(28-9-5-2-6-10-28)35(34)29-11-14-31(15-12-29)38-24-23-37-21-19-36-20-22-37/h1-12,14-16,18,25,36H,13,17,19-24,26H2. The third-order valence-corrected chi connectivity index (χ3v) is 7.69. The summed E-state index contributed by atoms with van der Waals surface area (Å²) in [4.78, 5) is 2.46. The number of benzene rings is 4. The molecule has 0 spiro atoms. The molecule has 39 heavy (non-hydrogen) atoms. The van der Waals surface area contributed by atoms with Gasteiger partial charge in [0.15, 0.2) is 0 Å². The normalized spacial score (nSPS) is 15.6. The van der Waals surface area contributed by atoms with Crippen molar-refractivity contribution in [2.75, 3.05) is 39.3 Å². The van der Waals surface area contributed by atoms with Crippen molar-refractivity contribution in [2.24, 2.45) is 0 Å². The second-order valence-electron chi connectivity index (χ2n) is 10.3. The van der Waals surface area contributed by atoms with Crippen molar-refractivity contribution in [1.29, 1.82) is 0 Å². The van der Waals surface area contributed by atoms with E-state index >= 15 is 0 Å².